The number of fused-ring (bicyclic) bond motifs is 1. The SMILES string of the molecule is CC(C)(C)OC(=O)N1CC(N(N)C2=C(N)C(=O)C(=O)c3ccccc32)C1. The molecule has 1 aliphatic heterocycles. The van der Waals surface area contributed by atoms with Gasteiger partial charge in [-0.25, -0.2) is 10.6 Å². The van der Waals surface area contributed by atoms with Crippen molar-refractivity contribution in [3.05, 3.63) is 41.1 Å². The van der Waals surface area contributed by atoms with E-state index in [0.717, 1.165) is 0 Å². The quantitative estimate of drug-likeness (QED) is 0.457. The van der Waals surface area contributed by atoms with E-state index in [-0.39, 0.29) is 17.3 Å². The highest BCUT2D eigenvalue weighted by atomic mass is 16.6. The van der Waals surface area contributed by atoms with Crippen LogP contribution < -0.4 is 11.6 Å². The van der Waals surface area contributed by atoms with Gasteiger partial charge in [0, 0.05) is 24.2 Å². The second-order valence-electron chi connectivity index (χ2n) is 7.41. The standard InChI is InChI=1S/C18H22N4O4/c1-18(2,3)26-17(25)21-8-10(9-21)22(20)14-11-6-4-5-7-12(11)15(23)16(24)13(14)19/h4-7,10H,8-9,19-20H2,1-3H3. The average molecular weight is 358 g/mol. The molecule has 0 unspecified atom stereocenters. The first-order valence-corrected chi connectivity index (χ1v) is 8.30. The van der Waals surface area contributed by atoms with E-state index in [1.165, 1.54) is 9.91 Å². The second-order valence-corrected chi connectivity index (χ2v) is 7.41. The normalized spacial score (nSPS) is 17.8. The van der Waals surface area contributed by atoms with Crippen molar-refractivity contribution < 1.29 is 19.1 Å². The smallest absolute Gasteiger partial charge is 0.410 e. The molecule has 0 aromatic heterocycles. The van der Waals surface area contributed by atoms with Crippen molar-refractivity contribution in [2.45, 2.75) is 32.4 Å². The van der Waals surface area contributed by atoms with Crippen LogP contribution >= 0.6 is 0 Å². The fraction of sp³-hybridized carbons (Fsp3) is 0.389. The number of nitrogens with two attached hydrogens (primary N) is 2. The van der Waals surface area contributed by atoms with Crippen LogP contribution in [0.4, 0.5) is 4.79 Å². The first-order valence-electron chi connectivity index (χ1n) is 8.30. The molecule has 0 spiro atoms. The molecule has 0 atom stereocenters. The van der Waals surface area contributed by atoms with Crippen molar-refractivity contribution in [2.75, 3.05) is 13.1 Å². The molecule has 8 nitrogen and oxygen atoms in total. The zero-order valence-corrected chi connectivity index (χ0v) is 15.0. The van der Waals surface area contributed by atoms with Gasteiger partial charge in [-0.3, -0.25) is 9.59 Å². The summed E-state index contributed by atoms with van der Waals surface area (Å²) in [5, 5.41) is 1.37. The molecule has 8 heteroatoms. The van der Waals surface area contributed by atoms with Gasteiger partial charge >= 0.3 is 6.09 Å². The van der Waals surface area contributed by atoms with Crippen LogP contribution in [0.15, 0.2) is 30.0 Å². The third-order valence-electron chi connectivity index (χ3n) is 4.30. The number of benzene rings is 1. The van der Waals surface area contributed by atoms with Crippen molar-refractivity contribution >= 4 is 23.4 Å². The molecular weight excluding hydrogens is 336 g/mol. The van der Waals surface area contributed by atoms with Crippen LogP contribution in [0.5, 0.6) is 0 Å². The van der Waals surface area contributed by atoms with Gasteiger partial charge in [0.25, 0.3) is 5.78 Å². The fourth-order valence-electron chi connectivity index (χ4n) is 2.95. The summed E-state index contributed by atoms with van der Waals surface area (Å²) in [6, 6.07) is 6.47. The fourth-order valence-corrected chi connectivity index (χ4v) is 2.95. The summed E-state index contributed by atoms with van der Waals surface area (Å²) < 4.78 is 5.32. The van der Waals surface area contributed by atoms with Gasteiger partial charge in [-0.15, -0.1) is 0 Å². The number of hydrogen-bond acceptors (Lipinski definition) is 7. The zero-order chi connectivity index (χ0) is 19.2. The van der Waals surface area contributed by atoms with Gasteiger partial charge < -0.3 is 20.4 Å². The van der Waals surface area contributed by atoms with Crippen molar-refractivity contribution in [3.63, 3.8) is 0 Å². The van der Waals surface area contributed by atoms with E-state index in [1.54, 1.807) is 45.0 Å². The highest BCUT2D eigenvalue weighted by molar-refractivity contribution is 6.52. The Hall–Kier alpha value is -2.87. The maximum Gasteiger partial charge on any atom is 0.410 e. The van der Waals surface area contributed by atoms with E-state index in [9.17, 15) is 14.4 Å². The molecule has 3 rings (SSSR count). The molecule has 1 aromatic rings. The lowest BCUT2D eigenvalue weighted by molar-refractivity contribution is -0.112. The van der Waals surface area contributed by atoms with Crippen LogP contribution in [-0.2, 0) is 9.53 Å². The highest BCUT2D eigenvalue weighted by Crippen LogP contribution is 2.31. The maximum absolute atomic E-state index is 12.2. The summed E-state index contributed by atoms with van der Waals surface area (Å²) in [5.74, 6) is 4.80. The Morgan fingerprint density at radius 3 is 2.31 bits per heavy atom. The number of Topliss-reactive ketones (excluding diaryl/α,β-unsaturated/α-hetero) is 2. The number of allylic oxidation sites excluding steroid dienone is 1. The first kappa shape index (κ1) is 17.9. The van der Waals surface area contributed by atoms with E-state index < -0.39 is 23.3 Å². The number of hydrazine groups is 1. The van der Waals surface area contributed by atoms with E-state index in [2.05, 4.69) is 0 Å². The molecule has 1 amide bonds. The molecule has 0 saturated carbocycles. The van der Waals surface area contributed by atoms with Gasteiger partial charge in [0.05, 0.1) is 11.7 Å². The number of rotatable bonds is 2. The number of carbonyl (C=O) groups is 3. The second kappa shape index (κ2) is 6.14. The Morgan fingerprint density at radius 1 is 1.15 bits per heavy atom. The monoisotopic (exact) mass is 358 g/mol. The lowest BCUT2D eigenvalue weighted by atomic mass is 9.89. The summed E-state index contributed by atoms with van der Waals surface area (Å²) in [6.07, 6.45) is -0.417. The van der Waals surface area contributed by atoms with Gasteiger partial charge in [0.2, 0.25) is 5.78 Å². The number of nitrogens with zero attached hydrogens (tertiary/aromatic N) is 2. The van der Waals surface area contributed by atoms with E-state index in [4.69, 9.17) is 16.3 Å². The van der Waals surface area contributed by atoms with Crippen molar-refractivity contribution in [3.8, 4) is 0 Å². The lowest BCUT2D eigenvalue weighted by Crippen LogP contribution is -2.63. The summed E-state index contributed by atoms with van der Waals surface area (Å²) in [4.78, 5) is 37.9. The lowest BCUT2D eigenvalue weighted by Gasteiger charge is -2.45. The van der Waals surface area contributed by atoms with Crippen molar-refractivity contribution in [1.29, 1.82) is 0 Å². The van der Waals surface area contributed by atoms with Gasteiger partial charge in [-0.2, -0.15) is 0 Å². The van der Waals surface area contributed by atoms with Crippen molar-refractivity contribution in [2.24, 2.45) is 11.6 Å². The molecule has 0 radical (unpaired) electrons. The highest BCUT2D eigenvalue weighted by Gasteiger charge is 2.40. The molecule has 1 aliphatic carbocycles. The minimum atomic E-state index is -0.766. The molecule has 138 valence electrons. The van der Waals surface area contributed by atoms with Gasteiger partial charge in [0.15, 0.2) is 0 Å². The zero-order valence-electron chi connectivity index (χ0n) is 15.0. The van der Waals surface area contributed by atoms with Gasteiger partial charge in [-0.1, -0.05) is 24.3 Å². The predicted molar refractivity (Wildman–Crippen MR) is 94.5 cm³/mol. The molecule has 0 bridgehead atoms. The summed E-state index contributed by atoms with van der Waals surface area (Å²) in [6.45, 7) is 6.07. The topological polar surface area (TPSA) is 119 Å². The van der Waals surface area contributed by atoms with Crippen LogP contribution in [0.3, 0.4) is 0 Å². The summed E-state index contributed by atoms with van der Waals surface area (Å²) in [7, 11) is 0. The molecule has 4 N–H and O–H groups in total. The Labute approximate surface area is 151 Å². The minimum absolute atomic E-state index is 0.174. The van der Waals surface area contributed by atoms with E-state index in [1.807, 2.05) is 0 Å². The molecule has 2 aliphatic rings. The Morgan fingerprint density at radius 2 is 1.73 bits per heavy atom. The Kier molecular flexibility index (Phi) is 4.23. The molecule has 1 fully saturated rings. The Balaban J connectivity index is 1.79. The third-order valence-corrected chi connectivity index (χ3v) is 4.30. The largest absolute Gasteiger partial charge is 0.444 e. The van der Waals surface area contributed by atoms with Gasteiger partial charge in [0.1, 0.15) is 11.3 Å². The molecular formula is C18H22N4O4. The van der Waals surface area contributed by atoms with Crippen LogP contribution in [-0.4, -0.2) is 52.3 Å². The number of ketones is 2. The van der Waals surface area contributed by atoms with Crippen LogP contribution in [0.2, 0.25) is 0 Å². The van der Waals surface area contributed by atoms with Crippen LogP contribution in [0, 0.1) is 0 Å². The molecule has 26 heavy (non-hydrogen) atoms. The predicted octanol–water partition coefficient (Wildman–Crippen LogP) is 0.874. The van der Waals surface area contributed by atoms with Crippen molar-refractivity contribution in [1.82, 2.24) is 9.91 Å². The summed E-state index contributed by atoms with van der Waals surface area (Å²) in [5.41, 5.74) is 6.27. The minimum Gasteiger partial charge on any atom is -0.444 e. The Bertz CT molecular complexity index is 819. The number of ether oxygens (including phenoxy) is 1. The molecule has 1 aromatic carbocycles. The van der Waals surface area contributed by atoms with E-state index in [0.29, 0.717) is 24.4 Å². The maximum atomic E-state index is 12.2. The summed E-state index contributed by atoms with van der Waals surface area (Å²) >= 11 is 0. The van der Waals surface area contributed by atoms with Crippen LogP contribution in [0.1, 0.15) is 36.7 Å². The number of carbonyl (C=O) groups excluding carboxylic acids is 3. The van der Waals surface area contributed by atoms with Gasteiger partial charge in [-0.05, 0) is 20.8 Å². The first-order chi connectivity index (χ1) is 12.1. The number of likely N-dealkylation sites (tertiary alicyclic amines) is 1. The van der Waals surface area contributed by atoms with Crippen LogP contribution in [0.25, 0.3) is 5.70 Å². The average Bonchev–Trinajstić information content (AvgIpc) is 2.50. The third kappa shape index (κ3) is 3.03. The molecule has 1 saturated heterocycles. The van der Waals surface area contributed by atoms with E-state index >= 15 is 0 Å². The number of hydrogen-bond donors (Lipinski definition) is 2. The molecule has 1 heterocycles. The number of amides is 1.